The Morgan fingerprint density at radius 3 is 2.64 bits per heavy atom. The maximum atomic E-state index is 11.0. The molecule has 1 amide bonds. The fraction of sp³-hybridized carbons (Fsp3) is 0.778. The second kappa shape index (κ2) is 7.32. The Kier molecular flexibility index (Phi) is 6.74. The molecule has 5 heteroatoms. The minimum atomic E-state index is -0.502. The molecular weight excluding hydrogens is 184 g/mol. The molecule has 0 saturated heterocycles. The summed E-state index contributed by atoms with van der Waals surface area (Å²) in [5, 5.41) is 2.61. The molecule has 82 valence electrons. The molecule has 0 saturated carbocycles. The SMILES string of the molecule is CCOC(=O)CCCNC(=O)C(C)N. The van der Waals surface area contributed by atoms with E-state index in [4.69, 9.17) is 10.5 Å². The summed E-state index contributed by atoms with van der Waals surface area (Å²) in [6, 6.07) is -0.502. The number of carbonyl (C=O) groups excluding carboxylic acids is 2. The van der Waals surface area contributed by atoms with E-state index in [0.717, 1.165) is 0 Å². The molecule has 1 atom stereocenters. The van der Waals surface area contributed by atoms with Gasteiger partial charge in [0.05, 0.1) is 12.6 Å². The third-order valence-corrected chi connectivity index (χ3v) is 1.58. The van der Waals surface area contributed by atoms with Gasteiger partial charge < -0.3 is 15.8 Å². The van der Waals surface area contributed by atoms with E-state index in [1.807, 2.05) is 0 Å². The molecule has 0 aromatic carbocycles. The monoisotopic (exact) mass is 202 g/mol. The highest BCUT2D eigenvalue weighted by atomic mass is 16.5. The van der Waals surface area contributed by atoms with Gasteiger partial charge >= 0.3 is 5.97 Å². The first-order valence-corrected chi connectivity index (χ1v) is 4.76. The molecule has 0 fully saturated rings. The van der Waals surface area contributed by atoms with Gasteiger partial charge in [0.1, 0.15) is 0 Å². The maximum absolute atomic E-state index is 11.0. The number of carbonyl (C=O) groups is 2. The van der Waals surface area contributed by atoms with Crippen molar-refractivity contribution in [3.8, 4) is 0 Å². The van der Waals surface area contributed by atoms with Crippen molar-refractivity contribution < 1.29 is 14.3 Å². The highest BCUT2D eigenvalue weighted by molar-refractivity contribution is 5.80. The molecule has 14 heavy (non-hydrogen) atoms. The molecule has 0 aliphatic heterocycles. The van der Waals surface area contributed by atoms with Crippen molar-refractivity contribution in [1.29, 1.82) is 0 Å². The van der Waals surface area contributed by atoms with E-state index in [1.54, 1.807) is 13.8 Å². The smallest absolute Gasteiger partial charge is 0.305 e. The first-order valence-electron chi connectivity index (χ1n) is 4.76. The van der Waals surface area contributed by atoms with E-state index in [0.29, 0.717) is 26.0 Å². The Hall–Kier alpha value is -1.10. The first kappa shape index (κ1) is 12.9. The summed E-state index contributed by atoms with van der Waals surface area (Å²) in [5.41, 5.74) is 5.32. The minimum absolute atomic E-state index is 0.200. The van der Waals surface area contributed by atoms with E-state index >= 15 is 0 Å². The lowest BCUT2D eigenvalue weighted by molar-refractivity contribution is -0.143. The Balaban J connectivity index is 3.38. The van der Waals surface area contributed by atoms with Gasteiger partial charge in [-0.25, -0.2) is 0 Å². The molecule has 0 aliphatic rings. The molecule has 0 aliphatic carbocycles. The lowest BCUT2D eigenvalue weighted by atomic mass is 10.3. The van der Waals surface area contributed by atoms with E-state index in [2.05, 4.69) is 5.32 Å². The number of ether oxygens (including phenoxy) is 1. The van der Waals surface area contributed by atoms with Gasteiger partial charge in [0.15, 0.2) is 0 Å². The molecule has 0 aromatic heterocycles. The summed E-state index contributed by atoms with van der Waals surface area (Å²) >= 11 is 0. The highest BCUT2D eigenvalue weighted by Gasteiger charge is 2.06. The molecule has 0 heterocycles. The Labute approximate surface area is 84.0 Å². The zero-order chi connectivity index (χ0) is 11.0. The van der Waals surface area contributed by atoms with E-state index in [1.165, 1.54) is 0 Å². The van der Waals surface area contributed by atoms with Gasteiger partial charge in [-0.2, -0.15) is 0 Å². The average molecular weight is 202 g/mol. The quantitative estimate of drug-likeness (QED) is 0.461. The van der Waals surface area contributed by atoms with Crippen LogP contribution in [-0.2, 0) is 14.3 Å². The fourth-order valence-corrected chi connectivity index (χ4v) is 0.838. The van der Waals surface area contributed by atoms with Gasteiger partial charge in [-0.15, -0.1) is 0 Å². The van der Waals surface area contributed by atoms with Crippen LogP contribution in [-0.4, -0.2) is 31.1 Å². The first-order chi connectivity index (χ1) is 6.57. The van der Waals surface area contributed by atoms with Gasteiger partial charge in [-0.05, 0) is 20.3 Å². The van der Waals surface area contributed by atoms with Crippen molar-refractivity contribution in [3.05, 3.63) is 0 Å². The van der Waals surface area contributed by atoms with Crippen molar-refractivity contribution in [1.82, 2.24) is 5.32 Å². The molecule has 1 unspecified atom stereocenters. The molecule has 0 bridgehead atoms. The summed E-state index contributed by atoms with van der Waals surface area (Å²) in [6.45, 7) is 4.22. The third kappa shape index (κ3) is 6.42. The molecule has 3 N–H and O–H groups in total. The zero-order valence-electron chi connectivity index (χ0n) is 8.71. The maximum Gasteiger partial charge on any atom is 0.305 e. The largest absolute Gasteiger partial charge is 0.466 e. The lowest BCUT2D eigenvalue weighted by Gasteiger charge is -2.06. The summed E-state index contributed by atoms with van der Waals surface area (Å²) in [4.78, 5) is 21.8. The van der Waals surface area contributed by atoms with Gasteiger partial charge in [0.25, 0.3) is 0 Å². The predicted octanol–water partition coefficient (Wildman–Crippen LogP) is -0.207. The fourth-order valence-electron chi connectivity index (χ4n) is 0.838. The van der Waals surface area contributed by atoms with Crippen LogP contribution in [0.15, 0.2) is 0 Å². The molecular formula is C9H18N2O3. The normalized spacial score (nSPS) is 11.9. The number of esters is 1. The second-order valence-electron chi connectivity index (χ2n) is 2.99. The van der Waals surface area contributed by atoms with Crippen molar-refractivity contribution >= 4 is 11.9 Å². The topological polar surface area (TPSA) is 81.4 Å². The number of hydrogen-bond donors (Lipinski definition) is 2. The Morgan fingerprint density at radius 2 is 2.14 bits per heavy atom. The van der Waals surface area contributed by atoms with Crippen LogP contribution >= 0.6 is 0 Å². The van der Waals surface area contributed by atoms with Crippen LogP contribution in [0.25, 0.3) is 0 Å². The van der Waals surface area contributed by atoms with Crippen molar-refractivity contribution in [2.24, 2.45) is 5.73 Å². The Morgan fingerprint density at radius 1 is 1.50 bits per heavy atom. The van der Waals surface area contributed by atoms with Gasteiger partial charge in [-0.3, -0.25) is 9.59 Å². The second-order valence-corrected chi connectivity index (χ2v) is 2.99. The summed E-state index contributed by atoms with van der Waals surface area (Å²) in [5.74, 6) is -0.434. The number of rotatable bonds is 6. The minimum Gasteiger partial charge on any atom is -0.466 e. The van der Waals surface area contributed by atoms with Crippen LogP contribution in [0.2, 0.25) is 0 Å². The Bertz CT molecular complexity index is 192. The lowest BCUT2D eigenvalue weighted by Crippen LogP contribution is -2.38. The number of nitrogens with one attached hydrogen (secondary N) is 1. The third-order valence-electron chi connectivity index (χ3n) is 1.58. The van der Waals surface area contributed by atoms with Gasteiger partial charge in [-0.1, -0.05) is 0 Å². The highest BCUT2D eigenvalue weighted by Crippen LogP contribution is 1.91. The van der Waals surface area contributed by atoms with Crippen molar-refractivity contribution in [2.75, 3.05) is 13.2 Å². The number of amides is 1. The zero-order valence-corrected chi connectivity index (χ0v) is 8.71. The van der Waals surface area contributed by atoms with Crippen LogP contribution in [0.3, 0.4) is 0 Å². The summed E-state index contributed by atoms with van der Waals surface area (Å²) in [7, 11) is 0. The van der Waals surface area contributed by atoms with Crippen LogP contribution in [0.1, 0.15) is 26.7 Å². The van der Waals surface area contributed by atoms with Crippen molar-refractivity contribution in [3.63, 3.8) is 0 Å². The molecule has 0 radical (unpaired) electrons. The molecule has 0 aromatic rings. The van der Waals surface area contributed by atoms with Gasteiger partial charge in [0.2, 0.25) is 5.91 Å². The molecule has 5 nitrogen and oxygen atoms in total. The van der Waals surface area contributed by atoms with Crippen molar-refractivity contribution in [2.45, 2.75) is 32.7 Å². The summed E-state index contributed by atoms with van der Waals surface area (Å²) in [6.07, 6.45) is 0.907. The summed E-state index contributed by atoms with van der Waals surface area (Å²) < 4.78 is 4.72. The van der Waals surface area contributed by atoms with Crippen LogP contribution in [0.5, 0.6) is 0 Å². The van der Waals surface area contributed by atoms with Gasteiger partial charge in [0, 0.05) is 13.0 Å². The standard InChI is InChI=1S/C9H18N2O3/c1-3-14-8(12)5-4-6-11-9(13)7(2)10/h7H,3-6,10H2,1-2H3,(H,11,13). The average Bonchev–Trinajstić information content (AvgIpc) is 2.12. The van der Waals surface area contributed by atoms with E-state index in [9.17, 15) is 9.59 Å². The van der Waals surface area contributed by atoms with Crippen LogP contribution < -0.4 is 11.1 Å². The predicted molar refractivity (Wildman–Crippen MR) is 52.5 cm³/mol. The van der Waals surface area contributed by atoms with E-state index in [-0.39, 0.29) is 11.9 Å². The molecule has 0 rings (SSSR count). The number of hydrogen-bond acceptors (Lipinski definition) is 4. The van der Waals surface area contributed by atoms with E-state index < -0.39 is 6.04 Å². The number of nitrogens with two attached hydrogens (primary N) is 1. The molecule has 0 spiro atoms. The van der Waals surface area contributed by atoms with Crippen LogP contribution in [0.4, 0.5) is 0 Å². The van der Waals surface area contributed by atoms with Crippen LogP contribution in [0, 0.1) is 0 Å².